The Morgan fingerprint density at radius 3 is 2.57 bits per heavy atom. The highest BCUT2D eigenvalue weighted by Gasteiger charge is 2.26. The molecule has 3 aromatic carbocycles. The van der Waals surface area contributed by atoms with Crippen molar-refractivity contribution in [2.45, 2.75) is 26.4 Å². The summed E-state index contributed by atoms with van der Waals surface area (Å²) in [6, 6.07) is 20.2. The average molecular weight is 425 g/mol. The maximum Gasteiger partial charge on any atom is 0.261 e. The fraction of sp³-hybridized carbons (Fsp3) is 0.250. The van der Waals surface area contributed by atoms with Crippen LogP contribution in [-0.4, -0.2) is 35.9 Å². The van der Waals surface area contributed by atoms with Crippen molar-refractivity contribution in [3.05, 3.63) is 77.3 Å². The predicted octanol–water partition coefficient (Wildman–Crippen LogP) is 4.43. The number of amides is 2. The van der Waals surface area contributed by atoms with Gasteiger partial charge in [-0.15, -0.1) is 0 Å². The minimum atomic E-state index is -0.646. The number of halogens is 1. The topological polar surface area (TPSA) is 58.6 Å². The van der Waals surface area contributed by atoms with Crippen LogP contribution in [0.15, 0.2) is 66.7 Å². The molecule has 0 aliphatic heterocycles. The number of likely N-dealkylation sites (N-methyl/N-ethyl adjacent to an activating group) is 1. The Bertz CT molecular complexity index is 1030. The second kappa shape index (κ2) is 10.1. The van der Waals surface area contributed by atoms with Crippen molar-refractivity contribution in [2.75, 3.05) is 13.2 Å². The first-order valence-electron chi connectivity index (χ1n) is 9.91. The molecule has 2 amide bonds. The first-order chi connectivity index (χ1) is 14.5. The van der Waals surface area contributed by atoms with E-state index in [-0.39, 0.29) is 25.0 Å². The Hall–Kier alpha value is -3.05. The number of hydrogen-bond donors (Lipinski definition) is 1. The molecule has 0 aliphatic carbocycles. The summed E-state index contributed by atoms with van der Waals surface area (Å²) in [5.41, 5.74) is 0.845. The molecule has 0 spiro atoms. The molecule has 3 rings (SSSR count). The van der Waals surface area contributed by atoms with Gasteiger partial charge in [-0.05, 0) is 43.0 Å². The number of hydrogen-bond acceptors (Lipinski definition) is 3. The van der Waals surface area contributed by atoms with E-state index in [0.717, 1.165) is 16.3 Å². The van der Waals surface area contributed by atoms with E-state index >= 15 is 0 Å². The van der Waals surface area contributed by atoms with Crippen molar-refractivity contribution in [1.82, 2.24) is 10.2 Å². The summed E-state index contributed by atoms with van der Waals surface area (Å²) >= 11 is 6.09. The van der Waals surface area contributed by atoms with E-state index in [1.807, 2.05) is 61.5 Å². The van der Waals surface area contributed by atoms with E-state index < -0.39 is 6.04 Å². The molecule has 0 saturated heterocycles. The van der Waals surface area contributed by atoms with Crippen molar-refractivity contribution >= 4 is 34.2 Å². The molecule has 1 N–H and O–H groups in total. The lowest BCUT2D eigenvalue weighted by atomic mass is 10.1. The van der Waals surface area contributed by atoms with Crippen molar-refractivity contribution in [3.8, 4) is 5.75 Å². The Morgan fingerprint density at radius 2 is 1.80 bits per heavy atom. The highest BCUT2D eigenvalue weighted by molar-refractivity contribution is 6.30. The molecule has 0 heterocycles. The van der Waals surface area contributed by atoms with Crippen LogP contribution in [0.1, 0.15) is 19.4 Å². The molecule has 1 atom stereocenters. The molecule has 0 unspecified atom stereocenters. The fourth-order valence-corrected chi connectivity index (χ4v) is 3.49. The van der Waals surface area contributed by atoms with E-state index in [9.17, 15) is 9.59 Å². The lowest BCUT2D eigenvalue weighted by Crippen LogP contribution is -2.49. The molecule has 0 radical (unpaired) electrons. The summed E-state index contributed by atoms with van der Waals surface area (Å²) in [6.45, 7) is 4.15. The van der Waals surface area contributed by atoms with E-state index in [2.05, 4.69) is 5.32 Å². The smallest absolute Gasteiger partial charge is 0.261 e. The van der Waals surface area contributed by atoms with Crippen LogP contribution in [0, 0.1) is 0 Å². The molecule has 0 saturated carbocycles. The SMILES string of the molecule is CCNC(=O)[C@H](C)N(Cc1cccc(Cl)c1)C(=O)COc1cccc2ccccc12. The normalized spacial score (nSPS) is 11.7. The van der Waals surface area contributed by atoms with Crippen LogP contribution in [0.4, 0.5) is 0 Å². The molecule has 3 aromatic rings. The van der Waals surface area contributed by atoms with Crippen LogP contribution in [0.5, 0.6) is 5.75 Å². The number of fused-ring (bicyclic) bond motifs is 1. The van der Waals surface area contributed by atoms with Crippen LogP contribution in [0.25, 0.3) is 10.8 Å². The summed E-state index contributed by atoms with van der Waals surface area (Å²) in [6.07, 6.45) is 0. The van der Waals surface area contributed by atoms with Gasteiger partial charge in [-0.25, -0.2) is 0 Å². The quantitative estimate of drug-likeness (QED) is 0.582. The molecule has 5 nitrogen and oxygen atoms in total. The van der Waals surface area contributed by atoms with Gasteiger partial charge in [0.15, 0.2) is 6.61 Å². The number of nitrogens with zero attached hydrogens (tertiary/aromatic N) is 1. The van der Waals surface area contributed by atoms with Gasteiger partial charge in [-0.2, -0.15) is 0 Å². The molecule has 0 aliphatic rings. The lowest BCUT2D eigenvalue weighted by molar-refractivity contribution is -0.142. The van der Waals surface area contributed by atoms with Crippen molar-refractivity contribution < 1.29 is 14.3 Å². The molecular formula is C24H25ClN2O3. The number of nitrogens with one attached hydrogen (secondary N) is 1. The molecule has 0 aromatic heterocycles. The van der Waals surface area contributed by atoms with Crippen LogP contribution in [-0.2, 0) is 16.1 Å². The highest BCUT2D eigenvalue weighted by Crippen LogP contribution is 2.25. The second-order valence-corrected chi connectivity index (χ2v) is 7.42. The van der Waals surface area contributed by atoms with Gasteiger partial charge in [0, 0.05) is 23.5 Å². The third-order valence-electron chi connectivity index (χ3n) is 4.86. The second-order valence-electron chi connectivity index (χ2n) is 6.99. The van der Waals surface area contributed by atoms with E-state index in [0.29, 0.717) is 17.3 Å². The number of carbonyl (C=O) groups excluding carboxylic acids is 2. The number of carbonyl (C=O) groups is 2. The molecule has 0 bridgehead atoms. The standard InChI is InChI=1S/C24H25ClN2O3/c1-3-26-24(29)17(2)27(15-18-8-6-11-20(25)14-18)23(28)16-30-22-13-7-10-19-9-4-5-12-21(19)22/h4-14,17H,3,15-16H2,1-2H3,(H,26,29)/t17-/m0/s1. The zero-order valence-electron chi connectivity index (χ0n) is 17.1. The average Bonchev–Trinajstić information content (AvgIpc) is 2.75. The van der Waals surface area contributed by atoms with Gasteiger partial charge >= 0.3 is 0 Å². The zero-order chi connectivity index (χ0) is 21.5. The van der Waals surface area contributed by atoms with Gasteiger partial charge in [0.05, 0.1) is 0 Å². The molecule has 0 fully saturated rings. The van der Waals surface area contributed by atoms with Gasteiger partial charge in [-0.1, -0.05) is 60.1 Å². The van der Waals surface area contributed by atoms with Crippen LogP contribution >= 0.6 is 11.6 Å². The third-order valence-corrected chi connectivity index (χ3v) is 5.10. The maximum absolute atomic E-state index is 13.1. The van der Waals surface area contributed by atoms with E-state index in [1.54, 1.807) is 19.1 Å². The Morgan fingerprint density at radius 1 is 1.07 bits per heavy atom. The Labute approximate surface area is 181 Å². The Balaban J connectivity index is 1.79. The monoisotopic (exact) mass is 424 g/mol. The lowest BCUT2D eigenvalue weighted by Gasteiger charge is -2.28. The molecule has 6 heteroatoms. The molecule has 156 valence electrons. The van der Waals surface area contributed by atoms with Gasteiger partial charge in [0.1, 0.15) is 11.8 Å². The van der Waals surface area contributed by atoms with Crippen molar-refractivity contribution in [3.63, 3.8) is 0 Å². The summed E-state index contributed by atoms with van der Waals surface area (Å²) < 4.78 is 5.86. The molecule has 30 heavy (non-hydrogen) atoms. The third kappa shape index (κ3) is 5.30. The van der Waals surface area contributed by atoms with E-state index in [4.69, 9.17) is 16.3 Å². The van der Waals surface area contributed by atoms with Crippen LogP contribution in [0.2, 0.25) is 5.02 Å². The zero-order valence-corrected chi connectivity index (χ0v) is 17.9. The molecular weight excluding hydrogens is 400 g/mol. The maximum atomic E-state index is 13.1. The summed E-state index contributed by atoms with van der Waals surface area (Å²) in [5, 5.41) is 5.33. The van der Waals surface area contributed by atoms with E-state index in [1.165, 1.54) is 4.90 Å². The summed E-state index contributed by atoms with van der Waals surface area (Å²) in [4.78, 5) is 27.0. The number of ether oxygens (including phenoxy) is 1. The largest absolute Gasteiger partial charge is 0.483 e. The van der Waals surface area contributed by atoms with Gasteiger partial charge in [-0.3, -0.25) is 9.59 Å². The van der Waals surface area contributed by atoms with Crippen molar-refractivity contribution in [1.29, 1.82) is 0 Å². The van der Waals surface area contributed by atoms with Gasteiger partial charge in [0.2, 0.25) is 5.91 Å². The van der Waals surface area contributed by atoms with Gasteiger partial charge in [0.25, 0.3) is 5.91 Å². The Kier molecular flexibility index (Phi) is 7.31. The summed E-state index contributed by atoms with van der Waals surface area (Å²) in [7, 11) is 0. The van der Waals surface area contributed by atoms with Crippen LogP contribution < -0.4 is 10.1 Å². The number of rotatable bonds is 8. The van der Waals surface area contributed by atoms with Gasteiger partial charge < -0.3 is 15.0 Å². The highest BCUT2D eigenvalue weighted by atomic mass is 35.5. The minimum absolute atomic E-state index is 0.168. The predicted molar refractivity (Wildman–Crippen MR) is 120 cm³/mol. The van der Waals surface area contributed by atoms with Crippen LogP contribution in [0.3, 0.4) is 0 Å². The number of benzene rings is 3. The van der Waals surface area contributed by atoms with Crippen molar-refractivity contribution in [2.24, 2.45) is 0 Å². The first kappa shape index (κ1) is 21.7. The minimum Gasteiger partial charge on any atom is -0.483 e. The first-order valence-corrected chi connectivity index (χ1v) is 10.3. The summed E-state index contributed by atoms with van der Waals surface area (Å²) in [5.74, 6) is 0.148. The fourth-order valence-electron chi connectivity index (χ4n) is 3.28.